The third-order valence-electron chi connectivity index (χ3n) is 5.92. The third kappa shape index (κ3) is 1.62. The fourth-order valence-corrected chi connectivity index (χ4v) is 4.79. The quantitative estimate of drug-likeness (QED) is 0.848. The molecular weight excluding hydrogens is 316 g/mol. The molecular formula is C19H16N4O2. The van der Waals surface area contributed by atoms with Gasteiger partial charge in [0.2, 0.25) is 17.1 Å². The van der Waals surface area contributed by atoms with E-state index in [1.165, 1.54) is 0 Å². The van der Waals surface area contributed by atoms with E-state index in [4.69, 9.17) is 14.9 Å². The summed E-state index contributed by atoms with van der Waals surface area (Å²) in [5, 5.41) is 38.6. The van der Waals surface area contributed by atoms with E-state index in [2.05, 4.69) is 18.2 Å². The number of hydrogen-bond donors (Lipinski definition) is 1. The number of nitrogens with zero attached hydrogens (tertiary/aromatic N) is 3. The molecule has 6 heteroatoms. The van der Waals surface area contributed by atoms with Gasteiger partial charge in [-0.15, -0.1) is 0 Å². The molecule has 25 heavy (non-hydrogen) atoms. The normalized spacial score (nSPS) is 37.7. The molecule has 0 radical (unpaired) electrons. The molecule has 2 aliphatic heterocycles. The number of nitrogens with one attached hydrogen (secondary N) is 1. The smallest absolute Gasteiger partial charge is 0.217 e. The Kier molecular flexibility index (Phi) is 3.16. The summed E-state index contributed by atoms with van der Waals surface area (Å²) < 4.78 is 12.1. The fraction of sp³-hybridized carbons (Fsp3) is 0.474. The van der Waals surface area contributed by atoms with Crippen LogP contribution in [0.1, 0.15) is 37.4 Å². The first-order valence-corrected chi connectivity index (χ1v) is 8.35. The second-order valence-corrected chi connectivity index (χ2v) is 6.90. The van der Waals surface area contributed by atoms with Gasteiger partial charge >= 0.3 is 0 Å². The van der Waals surface area contributed by atoms with Gasteiger partial charge in [-0.3, -0.25) is 5.41 Å². The minimum atomic E-state index is -1.83. The molecule has 3 aliphatic rings. The van der Waals surface area contributed by atoms with Crippen LogP contribution in [0, 0.1) is 56.2 Å². The lowest BCUT2D eigenvalue weighted by molar-refractivity contribution is -0.294. The van der Waals surface area contributed by atoms with Gasteiger partial charge in [0, 0.05) is 6.42 Å². The second-order valence-electron chi connectivity index (χ2n) is 6.90. The molecule has 0 spiro atoms. The van der Waals surface area contributed by atoms with Crippen LogP contribution in [0.15, 0.2) is 30.3 Å². The molecule has 1 aromatic carbocycles. The Morgan fingerprint density at radius 3 is 2.40 bits per heavy atom. The Bertz CT molecular complexity index is 848. The summed E-state index contributed by atoms with van der Waals surface area (Å²) in [6.07, 6.45) is 1.93. The zero-order chi connectivity index (χ0) is 17.7. The van der Waals surface area contributed by atoms with E-state index in [9.17, 15) is 15.8 Å². The summed E-state index contributed by atoms with van der Waals surface area (Å²) in [4.78, 5) is 0. The highest BCUT2D eigenvalue weighted by Crippen LogP contribution is 2.69. The standard InChI is InChI=1S/C19H16N4O2/c20-10-17(11-21)15(13-6-2-1-3-7-13)24-19-9-5-4-8-14(19)18(17,12-22)16(23)25-19/h1-3,6-7,14-15,23H,4-5,8-9H2/t14-,15+,18+,19+/m0/s1. The lowest BCUT2D eigenvalue weighted by Gasteiger charge is -2.51. The van der Waals surface area contributed by atoms with Crippen molar-refractivity contribution in [1.82, 2.24) is 0 Å². The molecule has 2 saturated heterocycles. The number of nitriles is 3. The van der Waals surface area contributed by atoms with Crippen LogP contribution >= 0.6 is 0 Å². The highest BCUT2D eigenvalue weighted by Gasteiger charge is 2.80. The number of hydrogen-bond acceptors (Lipinski definition) is 6. The van der Waals surface area contributed by atoms with E-state index in [-0.39, 0.29) is 5.90 Å². The van der Waals surface area contributed by atoms with Gasteiger partial charge in [-0.05, 0) is 18.4 Å². The zero-order valence-electron chi connectivity index (χ0n) is 13.5. The first kappa shape index (κ1) is 15.6. The Labute approximate surface area is 145 Å². The van der Waals surface area contributed by atoms with E-state index in [1.54, 1.807) is 24.3 Å². The maximum absolute atomic E-state index is 10.1. The molecule has 1 saturated carbocycles. The minimum Gasteiger partial charge on any atom is -0.447 e. The summed E-state index contributed by atoms with van der Waals surface area (Å²) in [5.41, 5.74) is -2.80. The highest BCUT2D eigenvalue weighted by atomic mass is 16.7. The molecule has 124 valence electrons. The van der Waals surface area contributed by atoms with E-state index in [1.807, 2.05) is 6.07 Å². The van der Waals surface area contributed by atoms with Crippen LogP contribution in [0.4, 0.5) is 0 Å². The number of rotatable bonds is 1. The molecule has 3 fully saturated rings. The van der Waals surface area contributed by atoms with Crippen LogP contribution in [-0.4, -0.2) is 11.7 Å². The maximum atomic E-state index is 10.1. The summed E-state index contributed by atoms with van der Waals surface area (Å²) in [6.45, 7) is 0. The monoisotopic (exact) mass is 332 g/mol. The topological polar surface area (TPSA) is 114 Å². The van der Waals surface area contributed by atoms with Crippen LogP contribution in [0.2, 0.25) is 0 Å². The fourth-order valence-electron chi connectivity index (χ4n) is 4.79. The van der Waals surface area contributed by atoms with Crippen molar-refractivity contribution in [3.8, 4) is 18.2 Å². The van der Waals surface area contributed by atoms with Crippen molar-refractivity contribution in [2.24, 2.45) is 16.7 Å². The molecule has 4 rings (SSSR count). The summed E-state index contributed by atoms with van der Waals surface area (Å²) in [5.74, 6) is -1.88. The van der Waals surface area contributed by atoms with Gasteiger partial charge in [-0.1, -0.05) is 36.8 Å². The Balaban J connectivity index is 2.01. The SMILES string of the molecule is N#CC1(C#N)[C@@H](c2ccccc2)O[C@@]23CCCC[C@H]2[C@]1(C#N)C(=N)O3. The Hall–Kier alpha value is -2.88. The van der Waals surface area contributed by atoms with Crippen LogP contribution in [0.3, 0.4) is 0 Å². The molecule has 0 amide bonds. The van der Waals surface area contributed by atoms with Crippen LogP contribution in [-0.2, 0) is 9.47 Å². The van der Waals surface area contributed by atoms with Gasteiger partial charge in [0.1, 0.15) is 6.10 Å². The van der Waals surface area contributed by atoms with Gasteiger partial charge in [0.05, 0.1) is 24.1 Å². The van der Waals surface area contributed by atoms with E-state index >= 15 is 0 Å². The number of ether oxygens (including phenoxy) is 2. The van der Waals surface area contributed by atoms with Gasteiger partial charge in [-0.2, -0.15) is 15.8 Å². The molecule has 1 N–H and O–H groups in total. The molecule has 6 nitrogen and oxygen atoms in total. The highest BCUT2D eigenvalue weighted by molar-refractivity contribution is 5.89. The zero-order valence-corrected chi connectivity index (χ0v) is 13.5. The third-order valence-corrected chi connectivity index (χ3v) is 5.92. The Morgan fingerprint density at radius 2 is 1.76 bits per heavy atom. The van der Waals surface area contributed by atoms with Crippen molar-refractivity contribution >= 4 is 5.90 Å². The first-order valence-electron chi connectivity index (χ1n) is 8.35. The van der Waals surface area contributed by atoms with Crippen molar-refractivity contribution in [2.45, 2.75) is 37.6 Å². The average Bonchev–Trinajstić information content (AvgIpc) is 2.87. The van der Waals surface area contributed by atoms with Gasteiger partial charge in [-0.25, -0.2) is 0 Å². The van der Waals surface area contributed by atoms with Crippen molar-refractivity contribution in [3.05, 3.63) is 35.9 Å². The molecule has 0 unspecified atom stereocenters. The van der Waals surface area contributed by atoms with Crippen LogP contribution < -0.4 is 0 Å². The van der Waals surface area contributed by atoms with E-state index < -0.39 is 28.6 Å². The van der Waals surface area contributed by atoms with Gasteiger partial charge in [0.25, 0.3) is 0 Å². The predicted octanol–water partition coefficient (Wildman–Crippen LogP) is 3.20. The van der Waals surface area contributed by atoms with Gasteiger partial charge in [0.15, 0.2) is 5.41 Å². The van der Waals surface area contributed by atoms with Crippen molar-refractivity contribution in [1.29, 1.82) is 21.2 Å². The number of benzene rings is 1. The molecule has 0 aromatic heterocycles. The summed E-state index contributed by atoms with van der Waals surface area (Å²) in [7, 11) is 0. The van der Waals surface area contributed by atoms with E-state index in [0.29, 0.717) is 18.4 Å². The average molecular weight is 332 g/mol. The second kappa shape index (κ2) is 5.06. The molecule has 4 atom stereocenters. The molecule has 1 aromatic rings. The lowest BCUT2D eigenvalue weighted by Crippen LogP contribution is -2.60. The van der Waals surface area contributed by atoms with E-state index in [0.717, 1.165) is 12.8 Å². The van der Waals surface area contributed by atoms with Crippen molar-refractivity contribution < 1.29 is 9.47 Å². The largest absolute Gasteiger partial charge is 0.447 e. The molecule has 2 bridgehead atoms. The summed E-state index contributed by atoms with van der Waals surface area (Å²) >= 11 is 0. The maximum Gasteiger partial charge on any atom is 0.217 e. The van der Waals surface area contributed by atoms with Crippen LogP contribution in [0.25, 0.3) is 0 Å². The first-order chi connectivity index (χ1) is 12.1. The van der Waals surface area contributed by atoms with Crippen LogP contribution in [0.5, 0.6) is 0 Å². The van der Waals surface area contributed by atoms with Gasteiger partial charge < -0.3 is 9.47 Å². The lowest BCUT2D eigenvalue weighted by atomic mass is 9.51. The summed E-state index contributed by atoms with van der Waals surface area (Å²) in [6, 6.07) is 15.3. The van der Waals surface area contributed by atoms with Crippen molar-refractivity contribution in [3.63, 3.8) is 0 Å². The molecule has 2 heterocycles. The minimum absolute atomic E-state index is 0.302. The Morgan fingerprint density at radius 1 is 1.04 bits per heavy atom. The van der Waals surface area contributed by atoms with Crippen molar-refractivity contribution in [2.75, 3.05) is 0 Å². The molecule has 1 aliphatic carbocycles. The predicted molar refractivity (Wildman–Crippen MR) is 85.5 cm³/mol.